The minimum Gasteiger partial charge on any atom is -0.480 e. The Morgan fingerprint density at radius 1 is 1.09 bits per heavy atom. The molecule has 0 radical (unpaired) electrons. The molecule has 0 aliphatic rings. The third-order valence-electron chi connectivity index (χ3n) is 4.24. The van der Waals surface area contributed by atoms with Crippen LogP contribution < -0.4 is 11.2 Å². The SMILES string of the molecule is Cc1c(C(C)(C(=O)O)c2ccccc2)c(=O)n(C)c(=O)n1C. The lowest BCUT2D eigenvalue weighted by Crippen LogP contribution is -2.47. The predicted molar refractivity (Wildman–Crippen MR) is 82.2 cm³/mol. The summed E-state index contributed by atoms with van der Waals surface area (Å²) in [6, 6.07) is 8.55. The molecular weight excluding hydrogens is 284 g/mol. The van der Waals surface area contributed by atoms with E-state index in [1.165, 1.54) is 25.6 Å². The zero-order valence-electron chi connectivity index (χ0n) is 13.0. The molecule has 1 aromatic carbocycles. The summed E-state index contributed by atoms with van der Waals surface area (Å²) in [6.45, 7) is 3.07. The molecule has 0 amide bonds. The van der Waals surface area contributed by atoms with E-state index in [0.717, 1.165) is 4.57 Å². The van der Waals surface area contributed by atoms with E-state index in [1.807, 2.05) is 0 Å². The third kappa shape index (κ3) is 2.07. The Labute approximate surface area is 127 Å². The van der Waals surface area contributed by atoms with Crippen molar-refractivity contribution < 1.29 is 9.90 Å². The number of aromatic nitrogens is 2. The molecule has 116 valence electrons. The summed E-state index contributed by atoms with van der Waals surface area (Å²) in [5.41, 5.74) is -1.67. The first-order valence-corrected chi connectivity index (χ1v) is 6.79. The first-order valence-electron chi connectivity index (χ1n) is 6.79. The molecule has 0 bridgehead atoms. The highest BCUT2D eigenvalue weighted by molar-refractivity contribution is 5.85. The lowest BCUT2D eigenvalue weighted by Gasteiger charge is -2.28. The van der Waals surface area contributed by atoms with E-state index in [0.29, 0.717) is 11.3 Å². The van der Waals surface area contributed by atoms with Gasteiger partial charge in [-0.3, -0.25) is 14.2 Å². The second-order valence-electron chi connectivity index (χ2n) is 5.46. The number of aliphatic carboxylic acids is 1. The number of carbonyl (C=O) groups is 1. The van der Waals surface area contributed by atoms with Crippen molar-refractivity contribution in [1.29, 1.82) is 0 Å². The molecule has 22 heavy (non-hydrogen) atoms. The summed E-state index contributed by atoms with van der Waals surface area (Å²) in [7, 11) is 2.87. The van der Waals surface area contributed by atoms with E-state index in [4.69, 9.17) is 0 Å². The van der Waals surface area contributed by atoms with Gasteiger partial charge in [0.05, 0.1) is 5.56 Å². The summed E-state index contributed by atoms with van der Waals surface area (Å²) >= 11 is 0. The maximum atomic E-state index is 12.6. The average Bonchev–Trinajstić information content (AvgIpc) is 2.51. The molecule has 6 nitrogen and oxygen atoms in total. The van der Waals surface area contributed by atoms with Crippen molar-refractivity contribution in [2.24, 2.45) is 14.1 Å². The molecule has 0 saturated heterocycles. The smallest absolute Gasteiger partial charge is 0.330 e. The molecule has 0 spiro atoms. The second-order valence-corrected chi connectivity index (χ2v) is 5.46. The molecule has 0 aliphatic carbocycles. The Hall–Kier alpha value is -2.63. The summed E-state index contributed by atoms with van der Waals surface area (Å²) in [5.74, 6) is -1.14. The Bertz CT molecular complexity index is 849. The van der Waals surface area contributed by atoms with Crippen molar-refractivity contribution in [3.05, 3.63) is 68.0 Å². The van der Waals surface area contributed by atoms with Gasteiger partial charge in [0.2, 0.25) is 0 Å². The minimum atomic E-state index is -1.54. The molecule has 1 aromatic heterocycles. The molecule has 6 heteroatoms. The molecule has 0 aliphatic heterocycles. The molecule has 0 fully saturated rings. The van der Waals surface area contributed by atoms with Crippen LogP contribution in [0, 0.1) is 6.92 Å². The summed E-state index contributed by atoms with van der Waals surface area (Å²) in [5, 5.41) is 9.80. The number of rotatable bonds is 3. The van der Waals surface area contributed by atoms with Crippen LogP contribution in [0.4, 0.5) is 0 Å². The number of hydrogen-bond acceptors (Lipinski definition) is 3. The quantitative estimate of drug-likeness (QED) is 0.908. The first kappa shape index (κ1) is 15.8. The Morgan fingerprint density at radius 3 is 2.14 bits per heavy atom. The molecule has 1 atom stereocenters. The van der Waals surface area contributed by atoms with E-state index in [-0.39, 0.29) is 5.56 Å². The lowest BCUT2D eigenvalue weighted by atomic mass is 9.76. The number of hydrogen-bond donors (Lipinski definition) is 1. The van der Waals surface area contributed by atoms with Gasteiger partial charge >= 0.3 is 11.7 Å². The van der Waals surface area contributed by atoms with E-state index in [9.17, 15) is 19.5 Å². The normalized spacial score (nSPS) is 13.6. The van der Waals surface area contributed by atoms with E-state index in [1.54, 1.807) is 37.3 Å². The summed E-state index contributed by atoms with van der Waals surface area (Å²) in [6.07, 6.45) is 0. The van der Waals surface area contributed by atoms with Gasteiger partial charge in [-0.25, -0.2) is 4.79 Å². The van der Waals surface area contributed by atoms with E-state index >= 15 is 0 Å². The van der Waals surface area contributed by atoms with Crippen molar-refractivity contribution in [3.8, 4) is 0 Å². The van der Waals surface area contributed by atoms with Gasteiger partial charge < -0.3 is 9.67 Å². The Morgan fingerprint density at radius 2 is 1.64 bits per heavy atom. The standard InChI is InChI=1S/C16H18N2O4/c1-10-12(13(19)18(4)15(22)17(10)3)16(2,14(20)21)11-8-6-5-7-9-11/h5-9H,1-4H3,(H,20,21). The van der Waals surface area contributed by atoms with Crippen molar-refractivity contribution >= 4 is 5.97 Å². The highest BCUT2D eigenvalue weighted by Crippen LogP contribution is 2.31. The van der Waals surface area contributed by atoms with Crippen LogP contribution in [-0.2, 0) is 24.3 Å². The van der Waals surface area contributed by atoms with Crippen LogP contribution in [0.1, 0.15) is 23.7 Å². The molecule has 2 rings (SSSR count). The monoisotopic (exact) mass is 302 g/mol. The average molecular weight is 302 g/mol. The van der Waals surface area contributed by atoms with Crippen LogP contribution in [-0.4, -0.2) is 20.2 Å². The first-order chi connectivity index (χ1) is 10.2. The molecular formula is C16H18N2O4. The number of benzene rings is 1. The van der Waals surface area contributed by atoms with Gasteiger partial charge in [-0.05, 0) is 19.4 Å². The van der Waals surface area contributed by atoms with Gasteiger partial charge in [-0.2, -0.15) is 0 Å². The Kier molecular flexibility index (Phi) is 3.79. The lowest BCUT2D eigenvalue weighted by molar-refractivity contribution is -0.141. The maximum Gasteiger partial charge on any atom is 0.330 e. The highest BCUT2D eigenvalue weighted by atomic mass is 16.4. The fourth-order valence-corrected chi connectivity index (χ4v) is 2.67. The van der Waals surface area contributed by atoms with Crippen LogP contribution in [0.3, 0.4) is 0 Å². The predicted octanol–water partition coefficient (Wildman–Crippen LogP) is 0.783. The van der Waals surface area contributed by atoms with Crippen molar-refractivity contribution in [1.82, 2.24) is 9.13 Å². The zero-order chi connectivity index (χ0) is 16.7. The van der Waals surface area contributed by atoms with Gasteiger partial charge in [-0.1, -0.05) is 30.3 Å². The van der Waals surface area contributed by atoms with Gasteiger partial charge in [-0.15, -0.1) is 0 Å². The molecule has 1 unspecified atom stereocenters. The Balaban J connectivity index is 2.97. The van der Waals surface area contributed by atoms with Crippen LogP contribution in [0.5, 0.6) is 0 Å². The van der Waals surface area contributed by atoms with Gasteiger partial charge in [0.25, 0.3) is 5.56 Å². The summed E-state index contributed by atoms with van der Waals surface area (Å²) in [4.78, 5) is 36.5. The van der Waals surface area contributed by atoms with Crippen LogP contribution in [0.2, 0.25) is 0 Å². The van der Waals surface area contributed by atoms with E-state index < -0.39 is 22.6 Å². The third-order valence-corrected chi connectivity index (χ3v) is 4.24. The number of carboxylic acids is 1. The fourth-order valence-electron chi connectivity index (χ4n) is 2.67. The molecule has 0 saturated carbocycles. The van der Waals surface area contributed by atoms with Crippen molar-refractivity contribution in [3.63, 3.8) is 0 Å². The van der Waals surface area contributed by atoms with Gasteiger partial charge in [0, 0.05) is 19.8 Å². The van der Waals surface area contributed by atoms with Crippen molar-refractivity contribution in [2.75, 3.05) is 0 Å². The summed E-state index contributed by atoms with van der Waals surface area (Å²) < 4.78 is 2.23. The largest absolute Gasteiger partial charge is 0.480 e. The van der Waals surface area contributed by atoms with E-state index in [2.05, 4.69) is 0 Å². The van der Waals surface area contributed by atoms with Crippen LogP contribution in [0.15, 0.2) is 39.9 Å². The molecule has 1 N–H and O–H groups in total. The number of nitrogens with zero attached hydrogens (tertiary/aromatic N) is 2. The maximum absolute atomic E-state index is 12.6. The zero-order valence-corrected chi connectivity index (χ0v) is 13.0. The fraction of sp³-hybridized carbons (Fsp3) is 0.312. The van der Waals surface area contributed by atoms with Gasteiger partial charge in [0.15, 0.2) is 0 Å². The minimum absolute atomic E-state index is 0.0933. The molecule has 2 aromatic rings. The van der Waals surface area contributed by atoms with Crippen LogP contribution in [0.25, 0.3) is 0 Å². The highest BCUT2D eigenvalue weighted by Gasteiger charge is 2.41. The van der Waals surface area contributed by atoms with Crippen molar-refractivity contribution in [2.45, 2.75) is 19.3 Å². The molecule has 1 heterocycles. The number of carboxylic acid groups (broad SMARTS) is 1. The van der Waals surface area contributed by atoms with Crippen LogP contribution >= 0.6 is 0 Å². The topological polar surface area (TPSA) is 81.3 Å². The second kappa shape index (κ2) is 5.29. The van der Waals surface area contributed by atoms with Gasteiger partial charge in [0.1, 0.15) is 5.41 Å².